The molecule has 2 nitrogen and oxygen atoms in total. The Morgan fingerprint density at radius 2 is 1.54 bits per heavy atom. The topological polar surface area (TPSA) is 21.3 Å². The van der Waals surface area contributed by atoms with Gasteiger partial charge in [0.1, 0.15) is 6.23 Å². The van der Waals surface area contributed by atoms with Crippen molar-refractivity contribution in [3.05, 3.63) is 0 Å². The Bertz CT molecular complexity index is 156. The molecule has 0 aliphatic carbocycles. The maximum absolute atomic E-state index is 5.75. The molecule has 1 rings (SSSR count). The molecule has 78 valence electrons. The summed E-state index contributed by atoms with van der Waals surface area (Å²) in [6.07, 6.45) is 0.205. The highest BCUT2D eigenvalue weighted by Gasteiger charge is 2.38. The highest BCUT2D eigenvalue weighted by atomic mass is 16.5. The second kappa shape index (κ2) is 3.25. The standard InChI is InChI=1S/C11H23NO/c1-10(2,3)8-7-13-9(12-8)11(4,5)6/h8-9,12H,7H2,1-6H3. The smallest absolute Gasteiger partial charge is 0.113 e. The van der Waals surface area contributed by atoms with E-state index in [9.17, 15) is 0 Å². The molecule has 0 aromatic rings. The third-order valence-corrected chi connectivity index (χ3v) is 2.61. The second-order valence-electron chi connectivity index (χ2n) is 6.16. The van der Waals surface area contributed by atoms with E-state index in [2.05, 4.69) is 46.9 Å². The van der Waals surface area contributed by atoms with Gasteiger partial charge in [-0.1, -0.05) is 41.5 Å². The first-order valence-electron chi connectivity index (χ1n) is 5.09. The van der Waals surface area contributed by atoms with Crippen molar-refractivity contribution in [2.24, 2.45) is 10.8 Å². The zero-order valence-corrected chi connectivity index (χ0v) is 9.77. The molecule has 0 aromatic carbocycles. The van der Waals surface area contributed by atoms with Crippen LogP contribution in [0, 0.1) is 10.8 Å². The molecule has 2 atom stereocenters. The van der Waals surface area contributed by atoms with Gasteiger partial charge >= 0.3 is 0 Å². The number of hydrogen-bond donors (Lipinski definition) is 1. The molecule has 1 fully saturated rings. The van der Waals surface area contributed by atoms with Crippen LogP contribution in [-0.2, 0) is 4.74 Å². The quantitative estimate of drug-likeness (QED) is 0.625. The van der Waals surface area contributed by atoms with E-state index >= 15 is 0 Å². The van der Waals surface area contributed by atoms with Crippen LogP contribution >= 0.6 is 0 Å². The molecule has 0 saturated carbocycles. The molecule has 1 aliphatic heterocycles. The summed E-state index contributed by atoms with van der Waals surface area (Å²) in [5.41, 5.74) is 0.486. The zero-order valence-electron chi connectivity index (χ0n) is 9.77. The number of ether oxygens (including phenoxy) is 1. The fourth-order valence-corrected chi connectivity index (χ4v) is 1.47. The average Bonchev–Trinajstić information content (AvgIpc) is 2.28. The fraction of sp³-hybridized carbons (Fsp3) is 1.00. The average molecular weight is 185 g/mol. The van der Waals surface area contributed by atoms with Gasteiger partial charge in [0.05, 0.1) is 6.61 Å². The van der Waals surface area contributed by atoms with E-state index in [1.54, 1.807) is 0 Å². The van der Waals surface area contributed by atoms with Gasteiger partial charge in [0, 0.05) is 11.5 Å². The van der Waals surface area contributed by atoms with Crippen molar-refractivity contribution in [1.29, 1.82) is 0 Å². The van der Waals surface area contributed by atoms with Crippen molar-refractivity contribution in [2.45, 2.75) is 53.8 Å². The Balaban J connectivity index is 2.55. The summed E-state index contributed by atoms with van der Waals surface area (Å²) in [6, 6.07) is 0.483. The van der Waals surface area contributed by atoms with Crippen LogP contribution in [0.1, 0.15) is 41.5 Å². The van der Waals surface area contributed by atoms with E-state index < -0.39 is 0 Å². The Morgan fingerprint density at radius 3 is 1.77 bits per heavy atom. The molecule has 1 aliphatic rings. The van der Waals surface area contributed by atoms with E-state index in [1.807, 2.05) is 0 Å². The lowest BCUT2D eigenvalue weighted by atomic mass is 9.87. The van der Waals surface area contributed by atoms with Gasteiger partial charge in [0.2, 0.25) is 0 Å². The predicted octanol–water partition coefficient (Wildman–Crippen LogP) is 2.39. The summed E-state index contributed by atoms with van der Waals surface area (Å²) in [5, 5.41) is 3.55. The van der Waals surface area contributed by atoms with Crippen LogP contribution in [0.25, 0.3) is 0 Å². The van der Waals surface area contributed by atoms with Crippen LogP contribution in [0.2, 0.25) is 0 Å². The summed E-state index contributed by atoms with van der Waals surface area (Å²) < 4.78 is 5.75. The van der Waals surface area contributed by atoms with E-state index in [-0.39, 0.29) is 11.6 Å². The minimum absolute atomic E-state index is 0.194. The summed E-state index contributed by atoms with van der Waals surface area (Å²) in [7, 11) is 0. The largest absolute Gasteiger partial charge is 0.361 e. The van der Waals surface area contributed by atoms with Gasteiger partial charge in [0.15, 0.2) is 0 Å². The monoisotopic (exact) mass is 185 g/mol. The summed E-state index contributed by atoms with van der Waals surface area (Å²) in [6.45, 7) is 14.2. The highest BCUT2D eigenvalue weighted by Crippen LogP contribution is 2.30. The van der Waals surface area contributed by atoms with Crippen molar-refractivity contribution in [2.75, 3.05) is 6.61 Å². The van der Waals surface area contributed by atoms with E-state index in [0.717, 1.165) is 6.61 Å². The van der Waals surface area contributed by atoms with Crippen molar-refractivity contribution in [3.8, 4) is 0 Å². The van der Waals surface area contributed by atoms with Gasteiger partial charge in [-0.15, -0.1) is 0 Å². The fourth-order valence-electron chi connectivity index (χ4n) is 1.47. The molecule has 0 bridgehead atoms. The summed E-state index contributed by atoms with van der Waals surface area (Å²) >= 11 is 0. The lowest BCUT2D eigenvalue weighted by molar-refractivity contribution is 0.0170. The minimum Gasteiger partial charge on any atom is -0.361 e. The number of hydrogen-bond acceptors (Lipinski definition) is 2. The molecule has 13 heavy (non-hydrogen) atoms. The zero-order chi connectivity index (χ0) is 10.3. The van der Waals surface area contributed by atoms with Crippen molar-refractivity contribution < 1.29 is 4.74 Å². The molecule has 1 heterocycles. The Labute approximate surface area is 82.0 Å². The lowest BCUT2D eigenvalue weighted by Crippen LogP contribution is -2.44. The normalized spacial score (nSPS) is 30.9. The van der Waals surface area contributed by atoms with Gasteiger partial charge in [-0.2, -0.15) is 0 Å². The molecule has 2 unspecified atom stereocenters. The van der Waals surface area contributed by atoms with E-state index in [1.165, 1.54) is 0 Å². The highest BCUT2D eigenvalue weighted by molar-refractivity contribution is 4.89. The second-order valence-corrected chi connectivity index (χ2v) is 6.16. The molecular formula is C11H23NO. The Morgan fingerprint density at radius 1 is 1.00 bits per heavy atom. The molecule has 0 radical (unpaired) electrons. The maximum atomic E-state index is 5.75. The van der Waals surface area contributed by atoms with Gasteiger partial charge in [-0.3, -0.25) is 5.32 Å². The molecular weight excluding hydrogens is 162 g/mol. The van der Waals surface area contributed by atoms with Gasteiger partial charge in [-0.05, 0) is 5.41 Å². The molecule has 2 heteroatoms. The maximum Gasteiger partial charge on any atom is 0.113 e. The third-order valence-electron chi connectivity index (χ3n) is 2.61. The van der Waals surface area contributed by atoms with Crippen LogP contribution in [-0.4, -0.2) is 18.9 Å². The molecule has 0 aromatic heterocycles. The summed E-state index contributed by atoms with van der Waals surface area (Å²) in [4.78, 5) is 0. The lowest BCUT2D eigenvalue weighted by Gasteiger charge is -2.30. The van der Waals surface area contributed by atoms with Gasteiger partial charge < -0.3 is 4.74 Å². The molecule has 1 saturated heterocycles. The van der Waals surface area contributed by atoms with Crippen molar-refractivity contribution in [1.82, 2.24) is 5.32 Å². The first-order valence-corrected chi connectivity index (χ1v) is 5.09. The van der Waals surface area contributed by atoms with Crippen LogP contribution in [0.5, 0.6) is 0 Å². The minimum atomic E-state index is 0.194. The molecule has 0 spiro atoms. The van der Waals surface area contributed by atoms with Gasteiger partial charge in [-0.25, -0.2) is 0 Å². The summed E-state index contributed by atoms with van der Waals surface area (Å²) in [5.74, 6) is 0. The molecule has 1 N–H and O–H groups in total. The predicted molar refractivity (Wildman–Crippen MR) is 55.6 cm³/mol. The van der Waals surface area contributed by atoms with Crippen LogP contribution in [0.3, 0.4) is 0 Å². The first-order chi connectivity index (χ1) is 5.71. The first kappa shape index (κ1) is 11.0. The van der Waals surface area contributed by atoms with Crippen LogP contribution < -0.4 is 5.32 Å². The number of rotatable bonds is 0. The van der Waals surface area contributed by atoms with Gasteiger partial charge in [0.25, 0.3) is 0 Å². The Kier molecular flexibility index (Phi) is 2.75. The number of nitrogens with one attached hydrogen (secondary N) is 1. The SMILES string of the molecule is CC(C)(C)C1COC(C(C)(C)C)N1. The molecule has 0 amide bonds. The van der Waals surface area contributed by atoms with Crippen molar-refractivity contribution >= 4 is 0 Å². The van der Waals surface area contributed by atoms with Crippen LogP contribution in [0.15, 0.2) is 0 Å². The van der Waals surface area contributed by atoms with Crippen LogP contribution in [0.4, 0.5) is 0 Å². The third kappa shape index (κ3) is 2.68. The van der Waals surface area contributed by atoms with E-state index in [0.29, 0.717) is 11.5 Å². The Hall–Kier alpha value is -0.0800. The van der Waals surface area contributed by atoms with E-state index in [4.69, 9.17) is 4.74 Å². The van der Waals surface area contributed by atoms with Crippen molar-refractivity contribution in [3.63, 3.8) is 0 Å².